The zero-order valence-corrected chi connectivity index (χ0v) is 10.0. The molecule has 1 aromatic carbocycles. The molecule has 0 radical (unpaired) electrons. The molecule has 90 valence electrons. The Morgan fingerprint density at radius 2 is 2.06 bits per heavy atom. The second kappa shape index (κ2) is 4.77. The molecule has 0 saturated heterocycles. The van der Waals surface area contributed by atoms with Crippen LogP contribution >= 0.6 is 0 Å². The maximum Gasteiger partial charge on any atom is 0.119 e. The van der Waals surface area contributed by atoms with Gasteiger partial charge in [0.25, 0.3) is 0 Å². The number of rotatable bonds is 4. The summed E-state index contributed by atoms with van der Waals surface area (Å²) >= 11 is 0. The minimum absolute atomic E-state index is 0.562. The number of ether oxygens (including phenoxy) is 1. The normalized spacial score (nSPS) is 18.9. The summed E-state index contributed by atoms with van der Waals surface area (Å²) in [6.45, 7) is 2.56. The van der Waals surface area contributed by atoms with Gasteiger partial charge in [-0.1, -0.05) is 18.6 Å². The Morgan fingerprint density at radius 1 is 1.41 bits per heavy atom. The zero-order valence-electron chi connectivity index (χ0n) is 10.0. The van der Waals surface area contributed by atoms with Gasteiger partial charge in [0.15, 0.2) is 0 Å². The molecule has 3 nitrogen and oxygen atoms in total. The SMILES string of the molecule is CCOc1ccc(C(O)C2(C#N)CCC2)cc1. The Kier molecular flexibility index (Phi) is 3.35. The lowest BCUT2D eigenvalue weighted by molar-refractivity contribution is 0.00792. The lowest BCUT2D eigenvalue weighted by Gasteiger charge is -2.39. The first kappa shape index (κ1) is 11.9. The van der Waals surface area contributed by atoms with E-state index >= 15 is 0 Å². The van der Waals surface area contributed by atoms with Crippen LogP contribution in [0, 0.1) is 16.7 Å². The zero-order chi connectivity index (χ0) is 12.3. The quantitative estimate of drug-likeness (QED) is 0.866. The molecule has 17 heavy (non-hydrogen) atoms. The minimum atomic E-state index is -0.683. The van der Waals surface area contributed by atoms with Crippen LogP contribution in [0.1, 0.15) is 37.9 Å². The van der Waals surface area contributed by atoms with E-state index in [2.05, 4.69) is 6.07 Å². The predicted molar refractivity (Wildman–Crippen MR) is 64.5 cm³/mol. The molecule has 1 unspecified atom stereocenters. The number of hydrogen-bond acceptors (Lipinski definition) is 3. The topological polar surface area (TPSA) is 53.2 Å². The molecular formula is C14H17NO2. The summed E-state index contributed by atoms with van der Waals surface area (Å²) in [6, 6.07) is 9.63. The molecule has 1 aliphatic carbocycles. The third kappa shape index (κ3) is 2.13. The van der Waals surface area contributed by atoms with Crippen molar-refractivity contribution in [3.63, 3.8) is 0 Å². The Labute approximate surface area is 102 Å². The molecule has 0 aromatic heterocycles. The minimum Gasteiger partial charge on any atom is -0.494 e. The first-order valence-corrected chi connectivity index (χ1v) is 6.04. The van der Waals surface area contributed by atoms with Crippen LogP contribution in [-0.2, 0) is 0 Å². The fourth-order valence-corrected chi connectivity index (χ4v) is 2.24. The average Bonchev–Trinajstić information content (AvgIpc) is 2.29. The lowest BCUT2D eigenvalue weighted by Crippen LogP contribution is -2.34. The molecule has 1 aromatic rings. The number of aliphatic hydroxyl groups is 1. The molecule has 0 aliphatic heterocycles. The number of aliphatic hydroxyl groups excluding tert-OH is 1. The summed E-state index contributed by atoms with van der Waals surface area (Å²) in [4.78, 5) is 0. The highest BCUT2D eigenvalue weighted by Gasteiger charge is 2.44. The van der Waals surface area contributed by atoms with Crippen molar-refractivity contribution < 1.29 is 9.84 Å². The summed E-state index contributed by atoms with van der Waals surface area (Å²) < 4.78 is 5.35. The average molecular weight is 231 g/mol. The summed E-state index contributed by atoms with van der Waals surface area (Å²) in [5.41, 5.74) is 0.238. The van der Waals surface area contributed by atoms with Crippen molar-refractivity contribution in [2.45, 2.75) is 32.3 Å². The molecule has 1 aliphatic rings. The lowest BCUT2D eigenvalue weighted by atomic mass is 9.65. The van der Waals surface area contributed by atoms with Crippen LogP contribution in [0.2, 0.25) is 0 Å². The summed E-state index contributed by atoms with van der Waals surface area (Å²) in [6.07, 6.45) is 1.93. The monoisotopic (exact) mass is 231 g/mol. The molecule has 0 spiro atoms. The molecular weight excluding hydrogens is 214 g/mol. The van der Waals surface area contributed by atoms with Crippen LogP contribution in [-0.4, -0.2) is 11.7 Å². The Balaban J connectivity index is 2.14. The van der Waals surface area contributed by atoms with E-state index < -0.39 is 11.5 Å². The molecule has 0 bridgehead atoms. The van der Waals surface area contributed by atoms with Crippen molar-refractivity contribution in [2.24, 2.45) is 5.41 Å². The van der Waals surface area contributed by atoms with Crippen molar-refractivity contribution >= 4 is 0 Å². The molecule has 2 rings (SSSR count). The molecule has 3 heteroatoms. The Morgan fingerprint density at radius 3 is 2.47 bits per heavy atom. The van der Waals surface area contributed by atoms with Gasteiger partial charge in [0.05, 0.1) is 24.2 Å². The van der Waals surface area contributed by atoms with E-state index in [9.17, 15) is 10.4 Å². The number of nitriles is 1. The van der Waals surface area contributed by atoms with Crippen molar-refractivity contribution in [1.82, 2.24) is 0 Å². The van der Waals surface area contributed by atoms with Gasteiger partial charge < -0.3 is 9.84 Å². The van der Waals surface area contributed by atoms with Crippen molar-refractivity contribution in [1.29, 1.82) is 5.26 Å². The second-order valence-corrected chi connectivity index (χ2v) is 4.53. The van der Waals surface area contributed by atoms with Crippen molar-refractivity contribution in [2.75, 3.05) is 6.61 Å². The van der Waals surface area contributed by atoms with E-state index in [-0.39, 0.29) is 0 Å². The molecule has 1 fully saturated rings. The highest BCUT2D eigenvalue weighted by molar-refractivity contribution is 5.31. The van der Waals surface area contributed by atoms with Gasteiger partial charge in [-0.3, -0.25) is 0 Å². The van der Waals surface area contributed by atoms with Gasteiger partial charge >= 0.3 is 0 Å². The Hall–Kier alpha value is -1.53. The van der Waals surface area contributed by atoms with E-state index in [1.165, 1.54) is 0 Å². The van der Waals surface area contributed by atoms with Crippen LogP contribution < -0.4 is 4.74 Å². The first-order chi connectivity index (χ1) is 8.22. The van der Waals surface area contributed by atoms with Crippen LogP contribution in [0.15, 0.2) is 24.3 Å². The van der Waals surface area contributed by atoms with Gasteiger partial charge in [-0.25, -0.2) is 0 Å². The molecule has 0 heterocycles. The van der Waals surface area contributed by atoms with Gasteiger partial charge in [-0.2, -0.15) is 5.26 Å². The van der Waals surface area contributed by atoms with Crippen LogP contribution in [0.25, 0.3) is 0 Å². The predicted octanol–water partition coefficient (Wildman–Crippen LogP) is 2.81. The molecule has 1 atom stereocenters. The van der Waals surface area contributed by atoms with Crippen LogP contribution in [0.3, 0.4) is 0 Å². The van der Waals surface area contributed by atoms with E-state index in [0.717, 1.165) is 30.6 Å². The smallest absolute Gasteiger partial charge is 0.119 e. The third-order valence-electron chi connectivity index (χ3n) is 3.50. The van der Waals surface area contributed by atoms with Gasteiger partial charge in [0.2, 0.25) is 0 Å². The van der Waals surface area contributed by atoms with E-state index in [0.29, 0.717) is 6.61 Å². The maximum absolute atomic E-state index is 10.2. The highest BCUT2D eigenvalue weighted by Crippen LogP contribution is 2.49. The van der Waals surface area contributed by atoms with Crippen LogP contribution in [0.5, 0.6) is 5.75 Å². The van der Waals surface area contributed by atoms with E-state index in [4.69, 9.17) is 4.74 Å². The number of hydrogen-bond donors (Lipinski definition) is 1. The van der Waals surface area contributed by atoms with Crippen molar-refractivity contribution in [3.05, 3.63) is 29.8 Å². The largest absolute Gasteiger partial charge is 0.494 e. The molecule has 1 N–H and O–H groups in total. The van der Waals surface area contributed by atoms with E-state index in [1.807, 2.05) is 31.2 Å². The van der Waals surface area contributed by atoms with Gasteiger partial charge in [-0.15, -0.1) is 0 Å². The van der Waals surface area contributed by atoms with Gasteiger partial charge in [-0.05, 0) is 37.5 Å². The molecule has 1 saturated carbocycles. The van der Waals surface area contributed by atoms with Gasteiger partial charge in [0, 0.05) is 0 Å². The highest BCUT2D eigenvalue weighted by atomic mass is 16.5. The van der Waals surface area contributed by atoms with E-state index in [1.54, 1.807) is 0 Å². The third-order valence-corrected chi connectivity index (χ3v) is 3.50. The summed E-state index contributed by atoms with van der Waals surface area (Å²) in [7, 11) is 0. The molecule has 0 amide bonds. The van der Waals surface area contributed by atoms with Gasteiger partial charge in [0.1, 0.15) is 5.75 Å². The van der Waals surface area contributed by atoms with Crippen LogP contribution in [0.4, 0.5) is 0 Å². The van der Waals surface area contributed by atoms with Crippen molar-refractivity contribution in [3.8, 4) is 11.8 Å². The summed E-state index contributed by atoms with van der Waals surface area (Å²) in [5, 5.41) is 19.4. The fourth-order valence-electron chi connectivity index (χ4n) is 2.24. The maximum atomic E-state index is 10.2. The number of benzene rings is 1. The Bertz CT molecular complexity index is 415. The standard InChI is InChI=1S/C14H17NO2/c1-2-17-12-6-4-11(5-7-12)13(16)14(10-15)8-3-9-14/h4-7,13,16H,2-3,8-9H2,1H3. The first-order valence-electron chi connectivity index (χ1n) is 6.04. The summed E-state index contributed by atoms with van der Waals surface area (Å²) in [5.74, 6) is 0.795. The second-order valence-electron chi connectivity index (χ2n) is 4.53. The fraction of sp³-hybridized carbons (Fsp3) is 0.500. The number of nitrogens with zero attached hydrogens (tertiary/aromatic N) is 1.